The third kappa shape index (κ3) is 4.89. The Balaban J connectivity index is 1.82. The second-order valence-electron chi connectivity index (χ2n) is 7.41. The topological polar surface area (TPSA) is 93.9 Å². The van der Waals surface area contributed by atoms with Gasteiger partial charge in [0.1, 0.15) is 18.2 Å². The van der Waals surface area contributed by atoms with E-state index in [1.54, 1.807) is 31.0 Å². The third-order valence-corrected chi connectivity index (χ3v) is 5.86. The maximum absolute atomic E-state index is 13.8. The minimum atomic E-state index is -0.722. The van der Waals surface area contributed by atoms with E-state index in [2.05, 4.69) is 36.2 Å². The van der Waals surface area contributed by atoms with Gasteiger partial charge in [-0.25, -0.2) is 14.2 Å². The number of rotatable bonds is 6. The van der Waals surface area contributed by atoms with Crippen LogP contribution in [0.1, 0.15) is 24.4 Å². The molecule has 2 aliphatic rings. The van der Waals surface area contributed by atoms with Crippen LogP contribution in [0.3, 0.4) is 0 Å². The number of esters is 1. The van der Waals surface area contributed by atoms with E-state index in [9.17, 15) is 9.18 Å². The molecule has 1 N–H and O–H groups in total. The van der Waals surface area contributed by atoms with Gasteiger partial charge in [-0.1, -0.05) is 22.0 Å². The average Bonchev–Trinajstić information content (AvgIpc) is 3.20. The molecule has 32 heavy (non-hydrogen) atoms. The number of aromatic nitrogens is 3. The molecule has 0 aliphatic carbocycles. The summed E-state index contributed by atoms with van der Waals surface area (Å²) in [6.07, 6.45) is 1.58. The molecule has 1 unspecified atom stereocenters. The molecule has 11 heteroatoms. The van der Waals surface area contributed by atoms with Crippen molar-refractivity contribution in [3.8, 4) is 0 Å². The molecule has 9 nitrogen and oxygen atoms in total. The van der Waals surface area contributed by atoms with Gasteiger partial charge < -0.3 is 14.8 Å². The quantitative estimate of drug-likeness (QED) is 0.598. The van der Waals surface area contributed by atoms with Gasteiger partial charge in [0.25, 0.3) is 0 Å². The summed E-state index contributed by atoms with van der Waals surface area (Å²) in [5, 5.41) is 7.62. The van der Waals surface area contributed by atoms with Crippen molar-refractivity contribution in [2.45, 2.75) is 13.0 Å². The highest BCUT2D eigenvalue weighted by atomic mass is 79.9. The summed E-state index contributed by atoms with van der Waals surface area (Å²) >= 11 is 3.43. The summed E-state index contributed by atoms with van der Waals surface area (Å²) < 4.78 is 26.7. The molecule has 0 spiro atoms. The van der Waals surface area contributed by atoms with Crippen LogP contribution < -0.4 is 5.32 Å². The Kier molecular flexibility index (Phi) is 6.97. The zero-order chi connectivity index (χ0) is 22.7. The summed E-state index contributed by atoms with van der Waals surface area (Å²) in [6, 6.07) is 3.60. The number of morpholine rings is 1. The molecule has 1 fully saturated rings. The zero-order valence-corrected chi connectivity index (χ0v) is 19.4. The van der Waals surface area contributed by atoms with E-state index >= 15 is 0 Å². The molecule has 1 saturated heterocycles. The Hall–Kier alpha value is -2.63. The van der Waals surface area contributed by atoms with E-state index in [0.717, 1.165) is 13.1 Å². The lowest BCUT2D eigenvalue weighted by Gasteiger charge is -2.32. The van der Waals surface area contributed by atoms with Crippen LogP contribution in [0.4, 0.5) is 4.39 Å². The van der Waals surface area contributed by atoms with Crippen LogP contribution in [-0.4, -0.2) is 70.9 Å². The van der Waals surface area contributed by atoms with Crippen LogP contribution in [0.2, 0.25) is 0 Å². The van der Waals surface area contributed by atoms with E-state index in [0.29, 0.717) is 52.7 Å². The lowest BCUT2D eigenvalue weighted by atomic mass is 9.95. The summed E-state index contributed by atoms with van der Waals surface area (Å²) in [4.78, 5) is 24.4. The second-order valence-corrected chi connectivity index (χ2v) is 8.27. The van der Waals surface area contributed by atoms with E-state index in [4.69, 9.17) is 14.5 Å². The molecule has 4 rings (SSSR count). The van der Waals surface area contributed by atoms with Crippen LogP contribution >= 0.6 is 15.9 Å². The lowest BCUT2D eigenvalue weighted by Crippen LogP contribution is -2.43. The van der Waals surface area contributed by atoms with Crippen LogP contribution in [0.25, 0.3) is 0 Å². The van der Waals surface area contributed by atoms with E-state index in [1.165, 1.54) is 12.1 Å². The normalized spacial score (nSPS) is 19.5. The average molecular weight is 507 g/mol. The monoisotopic (exact) mass is 506 g/mol. The van der Waals surface area contributed by atoms with E-state index < -0.39 is 12.0 Å². The van der Waals surface area contributed by atoms with Crippen LogP contribution in [0, 0.1) is 5.82 Å². The van der Waals surface area contributed by atoms with Crippen molar-refractivity contribution in [3.05, 3.63) is 57.5 Å². The highest BCUT2D eigenvalue weighted by Crippen LogP contribution is 2.36. The Bertz CT molecular complexity index is 1060. The predicted molar refractivity (Wildman–Crippen MR) is 118 cm³/mol. The minimum Gasteiger partial charge on any atom is -0.463 e. The lowest BCUT2D eigenvalue weighted by molar-refractivity contribution is -0.139. The molecule has 1 aromatic carbocycles. The Morgan fingerprint density at radius 2 is 2.16 bits per heavy atom. The molecule has 3 heterocycles. The molecule has 2 aromatic rings. The molecule has 2 aliphatic heterocycles. The SMILES string of the molecule is CCOC(=O)C1=C(CN2CCOCC2)NC(c2ncn(C)n2)=NC1c1ccc(F)cc1Br. The van der Waals surface area contributed by atoms with Crippen molar-refractivity contribution in [2.75, 3.05) is 39.5 Å². The number of nitrogens with zero attached hydrogens (tertiary/aromatic N) is 5. The largest absolute Gasteiger partial charge is 0.463 e. The van der Waals surface area contributed by atoms with Crippen molar-refractivity contribution >= 4 is 27.7 Å². The standard InChI is InChI=1S/C21H24BrFN6O3/c1-3-32-21(30)17-16(11-29-6-8-31-9-7-29)25-20(19-24-12-28(2)27-19)26-18(17)14-5-4-13(23)10-15(14)22/h4-5,10,12,18H,3,6-9,11H2,1-2H3,(H,25,26). The number of aryl methyl sites for hydroxylation is 1. The van der Waals surface area contributed by atoms with Gasteiger partial charge in [-0.15, -0.1) is 5.10 Å². The van der Waals surface area contributed by atoms with Crippen LogP contribution in [0.15, 0.2) is 45.3 Å². The molecule has 0 amide bonds. The first-order valence-electron chi connectivity index (χ1n) is 10.3. The highest BCUT2D eigenvalue weighted by molar-refractivity contribution is 9.10. The first-order valence-corrected chi connectivity index (χ1v) is 11.1. The van der Waals surface area contributed by atoms with Crippen LogP contribution in [-0.2, 0) is 21.3 Å². The van der Waals surface area contributed by atoms with Gasteiger partial charge in [-0.3, -0.25) is 14.6 Å². The fourth-order valence-corrected chi connectivity index (χ4v) is 4.23. The molecular weight excluding hydrogens is 483 g/mol. The van der Waals surface area contributed by atoms with Crippen molar-refractivity contribution in [3.63, 3.8) is 0 Å². The second kappa shape index (κ2) is 9.88. The summed E-state index contributed by atoms with van der Waals surface area (Å²) in [5.41, 5.74) is 1.68. The molecule has 170 valence electrons. The first-order chi connectivity index (χ1) is 15.5. The third-order valence-electron chi connectivity index (χ3n) is 5.18. The van der Waals surface area contributed by atoms with Crippen molar-refractivity contribution in [1.82, 2.24) is 25.0 Å². The Labute approximate surface area is 193 Å². The van der Waals surface area contributed by atoms with Gasteiger partial charge in [0.05, 0.1) is 25.4 Å². The smallest absolute Gasteiger partial charge is 0.338 e. The Morgan fingerprint density at radius 1 is 1.38 bits per heavy atom. The van der Waals surface area contributed by atoms with Gasteiger partial charge in [0.15, 0.2) is 5.84 Å². The van der Waals surface area contributed by atoms with Crippen molar-refractivity contribution < 1.29 is 18.7 Å². The summed E-state index contributed by atoms with van der Waals surface area (Å²) in [6.45, 7) is 5.17. The van der Waals surface area contributed by atoms with Crippen molar-refractivity contribution in [2.24, 2.45) is 12.0 Å². The number of aliphatic imine (C=N–C) groups is 1. The number of carbonyl (C=O) groups excluding carboxylic acids is 1. The van der Waals surface area contributed by atoms with Gasteiger partial charge in [-0.2, -0.15) is 0 Å². The number of carbonyl (C=O) groups is 1. The number of amidine groups is 1. The molecule has 0 saturated carbocycles. The number of nitrogens with one attached hydrogen (secondary N) is 1. The number of hydrogen-bond acceptors (Lipinski definition) is 8. The molecular formula is C21H24BrFN6O3. The maximum atomic E-state index is 13.8. The molecule has 0 radical (unpaired) electrons. The van der Waals surface area contributed by atoms with Crippen LogP contribution in [0.5, 0.6) is 0 Å². The number of halogens is 2. The molecule has 0 bridgehead atoms. The number of ether oxygens (including phenoxy) is 2. The van der Waals surface area contributed by atoms with E-state index in [-0.39, 0.29) is 12.4 Å². The highest BCUT2D eigenvalue weighted by Gasteiger charge is 2.35. The maximum Gasteiger partial charge on any atom is 0.338 e. The summed E-state index contributed by atoms with van der Waals surface area (Å²) in [5.74, 6) is -0.0251. The van der Waals surface area contributed by atoms with Gasteiger partial charge in [0.2, 0.25) is 5.82 Å². The molecule has 1 atom stereocenters. The number of hydrogen-bond donors (Lipinski definition) is 1. The predicted octanol–water partition coefficient (Wildman–Crippen LogP) is 1.96. The fourth-order valence-electron chi connectivity index (χ4n) is 3.66. The van der Waals surface area contributed by atoms with Gasteiger partial charge in [-0.05, 0) is 24.6 Å². The number of benzene rings is 1. The van der Waals surface area contributed by atoms with E-state index in [1.807, 2.05) is 0 Å². The first kappa shape index (κ1) is 22.6. The van der Waals surface area contributed by atoms with Gasteiger partial charge in [0, 0.05) is 36.9 Å². The minimum absolute atomic E-state index is 0.225. The summed E-state index contributed by atoms with van der Waals surface area (Å²) in [7, 11) is 1.77. The molecule has 1 aromatic heterocycles. The zero-order valence-electron chi connectivity index (χ0n) is 17.8. The van der Waals surface area contributed by atoms with Crippen molar-refractivity contribution in [1.29, 1.82) is 0 Å². The fraction of sp³-hybridized carbons (Fsp3) is 0.429. The van der Waals surface area contributed by atoms with Gasteiger partial charge >= 0.3 is 5.97 Å². The Morgan fingerprint density at radius 3 is 2.81 bits per heavy atom.